The van der Waals surface area contributed by atoms with Gasteiger partial charge in [-0.05, 0) is 66.6 Å². The predicted octanol–water partition coefficient (Wildman–Crippen LogP) is 5.80. The minimum atomic E-state index is -4.62. The van der Waals surface area contributed by atoms with Crippen molar-refractivity contribution in [2.45, 2.75) is 41.8 Å². The van der Waals surface area contributed by atoms with Crippen LogP contribution in [0.3, 0.4) is 0 Å². The van der Waals surface area contributed by atoms with Crippen molar-refractivity contribution in [3.63, 3.8) is 0 Å². The number of carbonyl (C=O) groups is 1. The monoisotopic (exact) mass is 534 g/mol. The molecular formula is C26H25F3N2O3S2. The maximum Gasteiger partial charge on any atom is 0.416 e. The molecule has 1 aromatic heterocycles. The number of benzene rings is 2. The zero-order valence-corrected chi connectivity index (χ0v) is 20.9. The average Bonchev–Trinajstić information content (AvgIpc) is 2.84. The van der Waals surface area contributed by atoms with Crippen molar-refractivity contribution in [2.24, 2.45) is 5.92 Å². The molecule has 3 aromatic rings. The summed E-state index contributed by atoms with van der Waals surface area (Å²) in [6.07, 6.45) is 0.0254. The summed E-state index contributed by atoms with van der Waals surface area (Å²) >= 11 is 1.13. The van der Waals surface area contributed by atoms with Gasteiger partial charge in [-0.15, -0.1) is 11.8 Å². The molecule has 1 unspecified atom stereocenters. The first kappa shape index (κ1) is 26.2. The predicted molar refractivity (Wildman–Crippen MR) is 134 cm³/mol. The Labute approximate surface area is 212 Å². The highest BCUT2D eigenvalue weighted by Crippen LogP contribution is 2.32. The van der Waals surface area contributed by atoms with Crippen molar-refractivity contribution in [3.8, 4) is 0 Å². The van der Waals surface area contributed by atoms with Crippen LogP contribution in [0.2, 0.25) is 0 Å². The Morgan fingerprint density at radius 2 is 1.83 bits per heavy atom. The molecule has 1 atom stereocenters. The number of hydrogen-bond acceptors (Lipinski definition) is 5. The molecule has 10 heteroatoms. The van der Waals surface area contributed by atoms with E-state index in [0.717, 1.165) is 49.2 Å². The number of nitrogens with one attached hydrogen (secondary N) is 1. The van der Waals surface area contributed by atoms with Gasteiger partial charge in [-0.25, -0.2) is 13.4 Å². The highest BCUT2D eigenvalue weighted by Gasteiger charge is 2.31. The molecule has 0 bridgehead atoms. The topological polar surface area (TPSA) is 76.1 Å². The number of nitrogens with zero attached hydrogens (tertiary/aromatic N) is 1. The zero-order chi connectivity index (χ0) is 25.8. The molecule has 1 amide bonds. The highest BCUT2D eigenvalue weighted by molar-refractivity contribution is 8.00. The molecule has 0 aliphatic heterocycles. The van der Waals surface area contributed by atoms with Gasteiger partial charge in [0.15, 0.2) is 9.84 Å². The van der Waals surface area contributed by atoms with E-state index in [9.17, 15) is 26.4 Å². The summed E-state index contributed by atoms with van der Waals surface area (Å²) in [4.78, 5) is 16.6. The number of halogens is 3. The Morgan fingerprint density at radius 3 is 2.61 bits per heavy atom. The first-order valence-electron chi connectivity index (χ1n) is 11.5. The Balaban J connectivity index is 1.34. The van der Waals surface area contributed by atoms with Crippen LogP contribution in [0.1, 0.15) is 29.5 Å². The summed E-state index contributed by atoms with van der Waals surface area (Å²) < 4.78 is 64.1. The van der Waals surface area contributed by atoms with Crippen molar-refractivity contribution in [1.82, 2.24) is 4.98 Å². The van der Waals surface area contributed by atoms with Gasteiger partial charge >= 0.3 is 6.18 Å². The maximum absolute atomic E-state index is 13.0. The lowest BCUT2D eigenvalue weighted by Gasteiger charge is -2.24. The van der Waals surface area contributed by atoms with E-state index < -0.39 is 21.6 Å². The average molecular weight is 535 g/mol. The molecule has 1 N–H and O–H groups in total. The van der Waals surface area contributed by atoms with Crippen LogP contribution in [0.15, 0.2) is 76.8 Å². The minimum absolute atomic E-state index is 0.0673. The molecule has 0 fully saturated rings. The number of aryl methyl sites for hydroxylation is 1. The number of aromatic nitrogens is 1. The third kappa shape index (κ3) is 6.67. The van der Waals surface area contributed by atoms with E-state index >= 15 is 0 Å². The third-order valence-corrected chi connectivity index (χ3v) is 9.06. The molecule has 1 aliphatic carbocycles. The molecule has 5 nitrogen and oxygen atoms in total. The normalized spacial score (nSPS) is 15.8. The van der Waals surface area contributed by atoms with Crippen LogP contribution >= 0.6 is 11.8 Å². The molecule has 1 heterocycles. The van der Waals surface area contributed by atoms with Gasteiger partial charge in [0.25, 0.3) is 0 Å². The number of thioether (sulfide) groups is 1. The van der Waals surface area contributed by atoms with Gasteiger partial charge < -0.3 is 5.32 Å². The van der Waals surface area contributed by atoms with E-state index in [1.54, 1.807) is 12.1 Å². The molecule has 0 saturated heterocycles. The zero-order valence-electron chi connectivity index (χ0n) is 19.3. The van der Waals surface area contributed by atoms with Crippen LogP contribution in [-0.4, -0.2) is 30.8 Å². The van der Waals surface area contributed by atoms with E-state index in [0.29, 0.717) is 23.2 Å². The van der Waals surface area contributed by atoms with Gasteiger partial charge in [-0.1, -0.05) is 30.3 Å². The van der Waals surface area contributed by atoms with Crippen molar-refractivity contribution in [2.75, 3.05) is 16.8 Å². The number of amides is 1. The SMILES string of the molecule is O=C(CC1CCc2ccccc2C1)Nc1cccnc1SCCS(=O)(=O)c1cccc(C(F)(F)F)c1. The lowest BCUT2D eigenvalue weighted by atomic mass is 9.82. The number of sulfone groups is 1. The summed E-state index contributed by atoms with van der Waals surface area (Å²) in [5.41, 5.74) is 2.09. The minimum Gasteiger partial charge on any atom is -0.324 e. The van der Waals surface area contributed by atoms with Crippen LogP contribution in [0.4, 0.5) is 18.9 Å². The fraction of sp³-hybridized carbons (Fsp3) is 0.308. The summed E-state index contributed by atoms with van der Waals surface area (Å²) in [5.74, 6) is -0.196. The van der Waals surface area contributed by atoms with Crippen LogP contribution in [-0.2, 0) is 33.6 Å². The van der Waals surface area contributed by atoms with Gasteiger partial charge in [0.2, 0.25) is 5.91 Å². The number of hydrogen-bond donors (Lipinski definition) is 1. The number of rotatable bonds is 8. The van der Waals surface area contributed by atoms with E-state index in [1.165, 1.54) is 17.3 Å². The van der Waals surface area contributed by atoms with Crippen LogP contribution in [0, 0.1) is 5.92 Å². The van der Waals surface area contributed by atoms with Gasteiger partial charge in [0.05, 0.1) is 21.9 Å². The van der Waals surface area contributed by atoms with E-state index in [2.05, 4.69) is 22.4 Å². The van der Waals surface area contributed by atoms with Gasteiger partial charge in [-0.3, -0.25) is 4.79 Å². The van der Waals surface area contributed by atoms with Crippen molar-refractivity contribution >= 4 is 33.2 Å². The maximum atomic E-state index is 13.0. The number of carbonyl (C=O) groups excluding carboxylic acids is 1. The van der Waals surface area contributed by atoms with Crippen molar-refractivity contribution < 1.29 is 26.4 Å². The fourth-order valence-corrected chi connectivity index (χ4v) is 6.89. The summed E-state index contributed by atoms with van der Waals surface area (Å²) in [6.45, 7) is 0. The van der Waals surface area contributed by atoms with Crippen LogP contribution in [0.25, 0.3) is 0 Å². The van der Waals surface area contributed by atoms with Crippen LogP contribution < -0.4 is 5.32 Å². The van der Waals surface area contributed by atoms with E-state index in [4.69, 9.17) is 0 Å². The molecule has 0 radical (unpaired) electrons. The molecule has 36 heavy (non-hydrogen) atoms. The summed E-state index contributed by atoms with van der Waals surface area (Å²) in [5, 5.41) is 3.35. The standard InChI is InChI=1S/C26H25F3N2O3S2/c27-26(28,29)21-7-3-8-22(17-21)36(33,34)14-13-35-25-23(9-4-12-30-25)31-24(32)16-18-10-11-19-5-1-2-6-20(19)15-18/h1-9,12,17-18H,10-11,13-16H2,(H,31,32). The fourth-order valence-electron chi connectivity index (χ4n) is 4.24. The van der Waals surface area contributed by atoms with Crippen LogP contribution in [0.5, 0.6) is 0 Å². The lowest BCUT2D eigenvalue weighted by molar-refractivity contribution is -0.137. The Kier molecular flexibility index (Phi) is 8.04. The number of fused-ring (bicyclic) bond motifs is 1. The Bertz CT molecular complexity index is 1340. The second-order valence-corrected chi connectivity index (χ2v) is 11.9. The Hall–Kier alpha value is -2.85. The molecule has 190 valence electrons. The first-order chi connectivity index (χ1) is 17.1. The second kappa shape index (κ2) is 11.0. The summed E-state index contributed by atoms with van der Waals surface area (Å²) in [6, 6.07) is 15.4. The summed E-state index contributed by atoms with van der Waals surface area (Å²) in [7, 11) is -3.93. The molecule has 4 rings (SSSR count). The molecule has 0 saturated carbocycles. The highest BCUT2D eigenvalue weighted by atomic mass is 32.2. The van der Waals surface area contributed by atoms with Crippen molar-refractivity contribution in [1.29, 1.82) is 0 Å². The lowest BCUT2D eigenvalue weighted by Crippen LogP contribution is -2.22. The Morgan fingerprint density at radius 1 is 1.06 bits per heavy atom. The van der Waals surface area contributed by atoms with Crippen molar-refractivity contribution in [3.05, 3.63) is 83.6 Å². The molecule has 0 spiro atoms. The molecular weight excluding hydrogens is 509 g/mol. The number of pyridine rings is 1. The first-order valence-corrected chi connectivity index (χ1v) is 14.1. The molecule has 1 aliphatic rings. The number of anilines is 1. The van der Waals surface area contributed by atoms with Gasteiger partial charge in [0.1, 0.15) is 5.03 Å². The second-order valence-electron chi connectivity index (χ2n) is 8.68. The smallest absolute Gasteiger partial charge is 0.324 e. The van der Waals surface area contributed by atoms with Gasteiger partial charge in [-0.2, -0.15) is 13.2 Å². The van der Waals surface area contributed by atoms with E-state index in [-0.39, 0.29) is 28.2 Å². The molecule has 2 aromatic carbocycles. The van der Waals surface area contributed by atoms with E-state index in [1.807, 2.05) is 12.1 Å². The largest absolute Gasteiger partial charge is 0.416 e. The quantitative estimate of drug-likeness (QED) is 0.370. The number of alkyl halides is 3. The van der Waals surface area contributed by atoms with Gasteiger partial charge in [0, 0.05) is 18.4 Å². The third-order valence-electron chi connectivity index (χ3n) is 6.08.